The maximum atomic E-state index is 13.3. The van der Waals surface area contributed by atoms with Crippen molar-refractivity contribution >= 4 is 23.5 Å². The van der Waals surface area contributed by atoms with Gasteiger partial charge < -0.3 is 19.6 Å². The lowest BCUT2D eigenvalue weighted by Crippen LogP contribution is -2.49. The second-order valence-electron chi connectivity index (χ2n) is 7.13. The maximum Gasteiger partial charge on any atom is 0.409 e. The van der Waals surface area contributed by atoms with Crippen molar-refractivity contribution in [2.24, 2.45) is 0 Å². The number of likely N-dealkylation sites (tertiary alicyclic amines) is 1. The number of amides is 3. The Morgan fingerprint density at radius 1 is 1.17 bits per heavy atom. The van der Waals surface area contributed by atoms with Crippen LogP contribution in [0.3, 0.4) is 0 Å². The third kappa shape index (κ3) is 4.12. The molecule has 0 aromatic heterocycles. The number of piperidine rings is 1. The maximum absolute atomic E-state index is 13.3. The molecule has 3 rings (SSSR count). The second kappa shape index (κ2) is 9.09. The van der Waals surface area contributed by atoms with Crippen molar-refractivity contribution in [3.05, 3.63) is 41.6 Å². The van der Waals surface area contributed by atoms with Crippen molar-refractivity contribution in [2.45, 2.75) is 25.8 Å². The van der Waals surface area contributed by atoms with E-state index in [-0.39, 0.29) is 37.1 Å². The van der Waals surface area contributed by atoms with Gasteiger partial charge >= 0.3 is 6.09 Å². The Balaban J connectivity index is 1.84. The van der Waals surface area contributed by atoms with Crippen LogP contribution in [0.25, 0.3) is 5.57 Å². The Kier molecular flexibility index (Phi) is 6.53. The van der Waals surface area contributed by atoms with E-state index in [0.29, 0.717) is 49.4 Å². The Hall–Kier alpha value is -2.87. The monoisotopic (exact) mass is 401 g/mol. The summed E-state index contributed by atoms with van der Waals surface area (Å²) >= 11 is 0. The van der Waals surface area contributed by atoms with Gasteiger partial charge in [0.2, 0.25) is 0 Å². The molecule has 2 aliphatic heterocycles. The minimum Gasteiger partial charge on any atom is -0.450 e. The molecule has 1 saturated heterocycles. The molecule has 0 spiro atoms. The summed E-state index contributed by atoms with van der Waals surface area (Å²) in [6, 6.07) is 8.83. The number of benzene rings is 1. The van der Waals surface area contributed by atoms with E-state index < -0.39 is 0 Å². The number of rotatable bonds is 6. The summed E-state index contributed by atoms with van der Waals surface area (Å²) in [7, 11) is 1.70. The lowest BCUT2D eigenvalue weighted by atomic mass is 10.0. The van der Waals surface area contributed by atoms with E-state index >= 15 is 0 Å². The molecule has 3 amide bonds. The Morgan fingerprint density at radius 2 is 1.83 bits per heavy atom. The first kappa shape index (κ1) is 20.9. The third-order valence-electron chi connectivity index (χ3n) is 5.33. The van der Waals surface area contributed by atoms with E-state index in [1.165, 1.54) is 4.90 Å². The van der Waals surface area contributed by atoms with Crippen molar-refractivity contribution in [1.29, 1.82) is 0 Å². The van der Waals surface area contributed by atoms with Crippen molar-refractivity contribution in [1.82, 2.24) is 14.7 Å². The number of aliphatic hydroxyl groups is 1. The summed E-state index contributed by atoms with van der Waals surface area (Å²) in [5.74, 6) is -0.671. The highest BCUT2D eigenvalue weighted by Gasteiger charge is 2.45. The van der Waals surface area contributed by atoms with Crippen molar-refractivity contribution in [2.75, 3.05) is 39.9 Å². The summed E-state index contributed by atoms with van der Waals surface area (Å²) in [5, 5.41) is 9.32. The second-order valence-corrected chi connectivity index (χ2v) is 7.13. The van der Waals surface area contributed by atoms with Gasteiger partial charge in [-0.2, -0.15) is 0 Å². The highest BCUT2D eigenvalue weighted by atomic mass is 16.6. The molecule has 8 heteroatoms. The molecule has 0 saturated carbocycles. The fourth-order valence-electron chi connectivity index (χ4n) is 3.87. The number of likely N-dealkylation sites (N-methyl/N-ethyl adjacent to an activating group) is 1. The molecule has 1 fully saturated rings. The van der Waals surface area contributed by atoms with Gasteiger partial charge in [-0.1, -0.05) is 30.3 Å². The molecule has 0 atom stereocenters. The topological polar surface area (TPSA) is 90.4 Å². The van der Waals surface area contributed by atoms with Gasteiger partial charge in [0.05, 0.1) is 18.8 Å². The van der Waals surface area contributed by atoms with E-state index in [1.54, 1.807) is 35.9 Å². The summed E-state index contributed by atoms with van der Waals surface area (Å²) < 4.78 is 5.04. The minimum atomic E-state index is -0.364. The minimum absolute atomic E-state index is 0.124. The number of carbonyl (C=O) groups excluding carboxylic acids is 3. The smallest absolute Gasteiger partial charge is 0.409 e. The van der Waals surface area contributed by atoms with Gasteiger partial charge in [-0.15, -0.1) is 0 Å². The first-order chi connectivity index (χ1) is 14.0. The number of carbonyl (C=O) groups is 3. The van der Waals surface area contributed by atoms with Gasteiger partial charge in [0.25, 0.3) is 11.8 Å². The quantitative estimate of drug-likeness (QED) is 0.723. The lowest BCUT2D eigenvalue weighted by molar-refractivity contribution is -0.141. The van der Waals surface area contributed by atoms with Gasteiger partial charge in [0.1, 0.15) is 5.70 Å². The number of nitrogens with zero attached hydrogens (tertiary/aromatic N) is 3. The summed E-state index contributed by atoms with van der Waals surface area (Å²) in [6.45, 7) is 3.06. The summed E-state index contributed by atoms with van der Waals surface area (Å²) in [5.41, 5.74) is 1.35. The molecular formula is C21H27N3O5. The van der Waals surface area contributed by atoms with Crippen LogP contribution in [0.15, 0.2) is 36.0 Å². The normalized spacial score (nSPS) is 17.9. The number of hydrogen-bond acceptors (Lipinski definition) is 6. The van der Waals surface area contributed by atoms with E-state index in [1.807, 2.05) is 18.2 Å². The lowest BCUT2D eigenvalue weighted by Gasteiger charge is -2.35. The van der Waals surface area contributed by atoms with Crippen LogP contribution < -0.4 is 0 Å². The zero-order chi connectivity index (χ0) is 21.0. The van der Waals surface area contributed by atoms with Crippen LogP contribution in [-0.4, -0.2) is 83.7 Å². The van der Waals surface area contributed by atoms with Crippen molar-refractivity contribution in [3.63, 3.8) is 0 Å². The number of aliphatic hydroxyl groups excluding tert-OH is 1. The van der Waals surface area contributed by atoms with E-state index in [9.17, 15) is 19.5 Å². The van der Waals surface area contributed by atoms with Crippen LogP contribution in [0.2, 0.25) is 0 Å². The molecule has 1 aromatic rings. The fourth-order valence-corrected chi connectivity index (χ4v) is 3.87. The average Bonchev–Trinajstić information content (AvgIpc) is 2.99. The standard InChI is InChI=1S/C21H27N3O5/c1-3-29-21(28)23-11-9-16(10-12-23)24-19(26)17(15-7-5-4-6-8-15)18(20(24)27)22(2)13-14-25/h4-8,16,25H,3,9-14H2,1-2H3. The van der Waals surface area contributed by atoms with Crippen LogP contribution in [0.5, 0.6) is 0 Å². The van der Waals surface area contributed by atoms with Crippen LogP contribution in [0.4, 0.5) is 4.79 Å². The molecule has 0 bridgehead atoms. The summed E-state index contributed by atoms with van der Waals surface area (Å²) in [4.78, 5) is 43.0. The fraction of sp³-hybridized carbons (Fsp3) is 0.476. The molecule has 0 aliphatic carbocycles. The van der Waals surface area contributed by atoms with Gasteiger partial charge in [0.15, 0.2) is 0 Å². The molecule has 2 heterocycles. The molecule has 29 heavy (non-hydrogen) atoms. The molecule has 2 aliphatic rings. The number of hydrogen-bond donors (Lipinski definition) is 1. The zero-order valence-corrected chi connectivity index (χ0v) is 16.8. The molecule has 0 radical (unpaired) electrons. The van der Waals surface area contributed by atoms with Gasteiger partial charge in [-0.05, 0) is 25.3 Å². The number of ether oxygens (including phenoxy) is 1. The Morgan fingerprint density at radius 3 is 2.41 bits per heavy atom. The predicted octanol–water partition coefficient (Wildman–Crippen LogP) is 1.31. The zero-order valence-electron chi connectivity index (χ0n) is 16.8. The first-order valence-electron chi connectivity index (χ1n) is 9.90. The predicted molar refractivity (Wildman–Crippen MR) is 107 cm³/mol. The summed E-state index contributed by atoms with van der Waals surface area (Å²) in [6.07, 6.45) is 0.654. The van der Waals surface area contributed by atoms with Gasteiger partial charge in [-0.3, -0.25) is 14.5 Å². The van der Waals surface area contributed by atoms with E-state index in [4.69, 9.17) is 4.74 Å². The molecule has 0 unspecified atom stereocenters. The molecule has 156 valence electrons. The van der Waals surface area contributed by atoms with E-state index in [2.05, 4.69) is 0 Å². The van der Waals surface area contributed by atoms with Crippen LogP contribution in [-0.2, 0) is 14.3 Å². The number of imide groups is 1. The van der Waals surface area contributed by atoms with Crippen LogP contribution >= 0.6 is 0 Å². The first-order valence-corrected chi connectivity index (χ1v) is 9.90. The molecule has 1 aromatic carbocycles. The highest BCUT2D eigenvalue weighted by molar-refractivity contribution is 6.35. The molecule has 1 N–H and O–H groups in total. The molecule has 8 nitrogen and oxygen atoms in total. The highest BCUT2D eigenvalue weighted by Crippen LogP contribution is 2.34. The van der Waals surface area contributed by atoms with Crippen molar-refractivity contribution < 1.29 is 24.2 Å². The SMILES string of the molecule is CCOC(=O)N1CCC(N2C(=O)C(c3ccccc3)=C(N(C)CCO)C2=O)CC1. The average molecular weight is 401 g/mol. The Labute approximate surface area is 170 Å². The Bertz CT molecular complexity index is 800. The van der Waals surface area contributed by atoms with Gasteiger partial charge in [-0.25, -0.2) is 4.79 Å². The largest absolute Gasteiger partial charge is 0.450 e. The van der Waals surface area contributed by atoms with Crippen LogP contribution in [0.1, 0.15) is 25.3 Å². The van der Waals surface area contributed by atoms with Crippen LogP contribution in [0, 0.1) is 0 Å². The van der Waals surface area contributed by atoms with Gasteiger partial charge in [0, 0.05) is 32.7 Å². The van der Waals surface area contributed by atoms with E-state index in [0.717, 1.165) is 0 Å². The molecular weight excluding hydrogens is 374 g/mol. The van der Waals surface area contributed by atoms with Crippen molar-refractivity contribution in [3.8, 4) is 0 Å². The third-order valence-corrected chi connectivity index (χ3v) is 5.33.